The van der Waals surface area contributed by atoms with Crippen molar-refractivity contribution in [3.05, 3.63) is 81.2 Å². The molecule has 3 aromatic rings. The van der Waals surface area contributed by atoms with Gasteiger partial charge in [-0.1, -0.05) is 58.4 Å². The molecule has 0 atom stereocenters. The summed E-state index contributed by atoms with van der Waals surface area (Å²) >= 11 is 6.73. The fourth-order valence-corrected chi connectivity index (χ4v) is 7.71. The summed E-state index contributed by atoms with van der Waals surface area (Å²) in [5, 5.41) is 0. The number of nitrogens with zero attached hydrogens (tertiary/aromatic N) is 2. The number of carbonyl (C=O) groups is 1. The number of hydrogen-bond donors (Lipinski definition) is 0. The van der Waals surface area contributed by atoms with E-state index in [0.29, 0.717) is 41.4 Å². The molecule has 0 unspecified atom stereocenters. The van der Waals surface area contributed by atoms with Crippen LogP contribution < -0.4 is 4.74 Å². The molecule has 4 rings (SSSR count). The normalized spacial score (nSPS) is 15.0. The lowest BCUT2D eigenvalue weighted by atomic mass is 9.95. The van der Waals surface area contributed by atoms with E-state index in [2.05, 4.69) is 56.1 Å². The minimum absolute atomic E-state index is 0.0239. The zero-order valence-electron chi connectivity index (χ0n) is 21.7. The first-order valence-electron chi connectivity index (χ1n) is 12.6. The first kappa shape index (κ1) is 28.8. The van der Waals surface area contributed by atoms with Gasteiger partial charge in [0.05, 0.1) is 12.0 Å². The molecule has 1 heterocycles. The summed E-state index contributed by atoms with van der Waals surface area (Å²) in [7, 11) is -1.99. The Morgan fingerprint density at radius 3 is 2.32 bits per heavy atom. The van der Waals surface area contributed by atoms with Crippen molar-refractivity contribution in [2.24, 2.45) is 5.92 Å². The molecule has 1 fully saturated rings. The molecule has 38 heavy (non-hydrogen) atoms. The molecule has 1 amide bonds. The highest BCUT2D eigenvalue weighted by molar-refractivity contribution is 9.11. The monoisotopic (exact) mass is 662 g/mol. The Balaban J connectivity index is 1.43. The molecule has 1 saturated heterocycles. The Labute approximate surface area is 242 Å². The number of ether oxygens (including phenoxy) is 1. The Morgan fingerprint density at radius 2 is 1.68 bits per heavy atom. The van der Waals surface area contributed by atoms with E-state index in [0.717, 1.165) is 22.4 Å². The van der Waals surface area contributed by atoms with Crippen LogP contribution in [0.3, 0.4) is 0 Å². The predicted molar refractivity (Wildman–Crippen MR) is 157 cm³/mol. The maximum absolute atomic E-state index is 13.6. The van der Waals surface area contributed by atoms with Crippen molar-refractivity contribution in [1.29, 1.82) is 0 Å². The number of piperidine rings is 1. The first-order chi connectivity index (χ1) is 18.1. The topological polar surface area (TPSA) is 66.9 Å². The molecule has 0 aromatic heterocycles. The summed E-state index contributed by atoms with van der Waals surface area (Å²) < 4.78 is 34.7. The number of hydrogen-bond acceptors (Lipinski definition) is 4. The first-order valence-corrected chi connectivity index (χ1v) is 15.6. The molecule has 0 aliphatic carbocycles. The zero-order chi connectivity index (χ0) is 27.4. The van der Waals surface area contributed by atoms with Crippen LogP contribution in [-0.4, -0.2) is 49.8 Å². The molecule has 1 aliphatic heterocycles. The molecule has 0 bridgehead atoms. The molecule has 6 nitrogen and oxygen atoms in total. The second-order valence-corrected chi connectivity index (χ2v) is 13.4. The lowest BCUT2D eigenvalue weighted by Crippen LogP contribution is -2.46. The number of sulfonamides is 1. The van der Waals surface area contributed by atoms with Gasteiger partial charge in [0, 0.05) is 46.1 Å². The SMILES string of the molecule is COc1ccccc1-c1ccc(CN(C(=O)C2CCN(S(=O)(=O)c3cc(Br)ccc3Br)CC2)C(C)C)cc1. The van der Waals surface area contributed by atoms with Crippen molar-refractivity contribution in [1.82, 2.24) is 9.21 Å². The minimum Gasteiger partial charge on any atom is -0.496 e. The van der Waals surface area contributed by atoms with Crippen molar-refractivity contribution in [2.75, 3.05) is 20.2 Å². The van der Waals surface area contributed by atoms with Crippen LogP contribution in [0.15, 0.2) is 80.6 Å². The summed E-state index contributed by atoms with van der Waals surface area (Å²) in [6, 6.07) is 21.3. The van der Waals surface area contributed by atoms with Gasteiger partial charge in [-0.15, -0.1) is 0 Å². The number of methoxy groups -OCH3 is 1. The average molecular weight is 664 g/mol. The van der Waals surface area contributed by atoms with Crippen LogP contribution in [-0.2, 0) is 21.4 Å². The summed E-state index contributed by atoms with van der Waals surface area (Å²) in [5.41, 5.74) is 3.12. The zero-order valence-corrected chi connectivity index (χ0v) is 25.7. The van der Waals surface area contributed by atoms with E-state index in [9.17, 15) is 13.2 Å². The van der Waals surface area contributed by atoms with Gasteiger partial charge in [0.25, 0.3) is 0 Å². The van der Waals surface area contributed by atoms with Gasteiger partial charge in [-0.25, -0.2) is 8.42 Å². The maximum Gasteiger partial charge on any atom is 0.244 e. The molecule has 1 aliphatic rings. The largest absolute Gasteiger partial charge is 0.496 e. The third kappa shape index (κ3) is 6.33. The Kier molecular flexibility index (Phi) is 9.34. The van der Waals surface area contributed by atoms with E-state index < -0.39 is 10.0 Å². The molecule has 0 radical (unpaired) electrons. The van der Waals surface area contributed by atoms with Crippen LogP contribution in [0.25, 0.3) is 11.1 Å². The average Bonchev–Trinajstić information content (AvgIpc) is 2.92. The van der Waals surface area contributed by atoms with Gasteiger partial charge in [-0.3, -0.25) is 4.79 Å². The van der Waals surface area contributed by atoms with E-state index >= 15 is 0 Å². The highest BCUT2D eigenvalue weighted by Gasteiger charge is 2.35. The van der Waals surface area contributed by atoms with Crippen LogP contribution in [0, 0.1) is 5.92 Å². The van der Waals surface area contributed by atoms with Crippen molar-refractivity contribution in [3.8, 4) is 16.9 Å². The molecule has 0 N–H and O–H groups in total. The van der Waals surface area contributed by atoms with Gasteiger partial charge in [-0.05, 0) is 78.0 Å². The third-order valence-electron chi connectivity index (χ3n) is 6.95. The molecule has 202 valence electrons. The number of benzene rings is 3. The Hall–Kier alpha value is -2.20. The lowest BCUT2D eigenvalue weighted by molar-refractivity contribution is -0.139. The molecular weight excluding hydrogens is 632 g/mol. The Bertz CT molecular complexity index is 1390. The smallest absolute Gasteiger partial charge is 0.244 e. The van der Waals surface area contributed by atoms with Crippen molar-refractivity contribution in [3.63, 3.8) is 0 Å². The number of rotatable bonds is 8. The number of para-hydroxylation sites is 1. The molecule has 9 heteroatoms. The quantitative estimate of drug-likeness (QED) is 0.268. The third-order valence-corrected chi connectivity index (χ3v) is 10.3. The highest BCUT2D eigenvalue weighted by atomic mass is 79.9. The van der Waals surface area contributed by atoms with Crippen LogP contribution in [0.4, 0.5) is 0 Å². The molecular formula is C29H32Br2N2O4S. The van der Waals surface area contributed by atoms with Gasteiger partial charge in [0.15, 0.2) is 0 Å². The second-order valence-electron chi connectivity index (χ2n) is 9.71. The molecule has 0 spiro atoms. The van der Waals surface area contributed by atoms with E-state index in [4.69, 9.17) is 4.74 Å². The van der Waals surface area contributed by atoms with E-state index in [-0.39, 0.29) is 22.8 Å². The number of amides is 1. The summed E-state index contributed by atoms with van der Waals surface area (Å²) in [5.74, 6) is 0.692. The van der Waals surface area contributed by atoms with Crippen LogP contribution in [0.2, 0.25) is 0 Å². The maximum atomic E-state index is 13.6. The van der Waals surface area contributed by atoms with Gasteiger partial charge >= 0.3 is 0 Å². The van der Waals surface area contributed by atoms with Crippen molar-refractivity contribution in [2.45, 2.75) is 44.2 Å². The van der Waals surface area contributed by atoms with E-state index in [1.54, 1.807) is 25.3 Å². The van der Waals surface area contributed by atoms with Gasteiger partial charge < -0.3 is 9.64 Å². The second kappa shape index (κ2) is 12.3. The van der Waals surface area contributed by atoms with E-state index in [1.807, 2.05) is 43.0 Å². The van der Waals surface area contributed by atoms with Crippen LogP contribution >= 0.6 is 31.9 Å². The van der Waals surface area contributed by atoms with Crippen LogP contribution in [0.5, 0.6) is 5.75 Å². The fraction of sp³-hybridized carbons (Fsp3) is 0.345. The van der Waals surface area contributed by atoms with Gasteiger partial charge in [0.1, 0.15) is 5.75 Å². The van der Waals surface area contributed by atoms with Crippen LogP contribution in [0.1, 0.15) is 32.3 Å². The predicted octanol–water partition coefficient (Wildman–Crippen LogP) is 6.73. The van der Waals surface area contributed by atoms with Crippen molar-refractivity contribution >= 4 is 47.8 Å². The van der Waals surface area contributed by atoms with Gasteiger partial charge in [0.2, 0.25) is 15.9 Å². The summed E-state index contributed by atoms with van der Waals surface area (Å²) in [4.78, 5) is 15.7. The number of carbonyl (C=O) groups excluding carboxylic acids is 1. The van der Waals surface area contributed by atoms with Crippen molar-refractivity contribution < 1.29 is 17.9 Å². The summed E-state index contributed by atoms with van der Waals surface area (Å²) in [6.45, 7) is 5.18. The molecule has 3 aromatic carbocycles. The fourth-order valence-electron chi connectivity index (χ4n) is 4.78. The van der Waals surface area contributed by atoms with Gasteiger partial charge in [-0.2, -0.15) is 4.31 Å². The highest BCUT2D eigenvalue weighted by Crippen LogP contribution is 2.32. The van der Waals surface area contributed by atoms with E-state index in [1.165, 1.54) is 4.31 Å². The number of halogens is 2. The Morgan fingerprint density at radius 1 is 1.03 bits per heavy atom. The summed E-state index contributed by atoms with van der Waals surface area (Å²) in [6.07, 6.45) is 0.999. The standard InChI is InChI=1S/C29H32Br2N2O4S/c1-20(2)33(19-21-8-10-22(11-9-21)25-6-4-5-7-27(25)37-3)29(34)23-14-16-32(17-15-23)38(35,36)28-18-24(30)12-13-26(28)31/h4-13,18,20,23H,14-17,19H2,1-3H3. The molecule has 0 saturated carbocycles. The lowest BCUT2D eigenvalue weighted by Gasteiger charge is -2.35. The minimum atomic E-state index is -3.66.